The zero-order chi connectivity index (χ0) is 15.2. The van der Waals surface area contributed by atoms with E-state index in [-0.39, 0.29) is 0 Å². The Morgan fingerprint density at radius 3 is 2.52 bits per heavy atom. The van der Waals surface area contributed by atoms with Gasteiger partial charge in [-0.2, -0.15) is 0 Å². The highest BCUT2D eigenvalue weighted by Gasteiger charge is 2.09. The van der Waals surface area contributed by atoms with Gasteiger partial charge in [0.15, 0.2) is 0 Å². The predicted octanol–water partition coefficient (Wildman–Crippen LogP) is 2.54. The molecule has 2 rings (SSSR count). The van der Waals surface area contributed by atoms with Gasteiger partial charge in [-0.3, -0.25) is 9.52 Å². The standard InChI is InChI=1S/C14H13FN2O3S/c1-20-14-7-4-11(16-9-18)8-13(14)17-21(19)12-5-2-10(15)3-6-12/h2-9,17H,1H3,(H,16,18). The molecule has 0 bridgehead atoms. The van der Waals surface area contributed by atoms with Crippen LogP contribution in [-0.4, -0.2) is 17.7 Å². The molecule has 7 heteroatoms. The van der Waals surface area contributed by atoms with Crippen molar-refractivity contribution in [1.82, 2.24) is 0 Å². The molecule has 0 heterocycles. The molecule has 5 nitrogen and oxygen atoms in total. The van der Waals surface area contributed by atoms with Crippen LogP contribution in [0.15, 0.2) is 47.4 Å². The third kappa shape index (κ3) is 3.79. The van der Waals surface area contributed by atoms with Crippen LogP contribution in [0.2, 0.25) is 0 Å². The fourth-order valence-electron chi connectivity index (χ4n) is 1.66. The summed E-state index contributed by atoms with van der Waals surface area (Å²) >= 11 is 0. The van der Waals surface area contributed by atoms with Crippen molar-refractivity contribution >= 4 is 28.8 Å². The fourth-order valence-corrected chi connectivity index (χ4v) is 2.52. The Labute approximate surface area is 123 Å². The lowest BCUT2D eigenvalue weighted by Crippen LogP contribution is -2.07. The number of hydrogen-bond acceptors (Lipinski definition) is 3. The molecule has 0 radical (unpaired) electrons. The molecule has 2 N–H and O–H groups in total. The molecule has 1 amide bonds. The predicted molar refractivity (Wildman–Crippen MR) is 79.1 cm³/mol. The zero-order valence-corrected chi connectivity index (χ0v) is 11.9. The van der Waals surface area contributed by atoms with Crippen molar-refractivity contribution in [2.75, 3.05) is 17.1 Å². The first-order valence-electron chi connectivity index (χ1n) is 5.96. The van der Waals surface area contributed by atoms with Crippen LogP contribution in [0.5, 0.6) is 5.75 Å². The molecule has 1 atom stereocenters. The number of halogens is 1. The van der Waals surface area contributed by atoms with E-state index in [1.54, 1.807) is 18.2 Å². The molecule has 0 aliphatic rings. The second-order valence-electron chi connectivity index (χ2n) is 4.00. The maximum Gasteiger partial charge on any atom is 0.211 e. The number of amides is 1. The summed E-state index contributed by atoms with van der Waals surface area (Å²) in [5.41, 5.74) is 0.983. The van der Waals surface area contributed by atoms with Crippen LogP contribution in [0.3, 0.4) is 0 Å². The maximum atomic E-state index is 12.9. The molecule has 0 aliphatic carbocycles. The Hall–Kier alpha value is -2.41. The van der Waals surface area contributed by atoms with E-state index in [0.717, 1.165) is 0 Å². The number of rotatable bonds is 6. The van der Waals surface area contributed by atoms with Crippen LogP contribution in [0.1, 0.15) is 0 Å². The lowest BCUT2D eigenvalue weighted by molar-refractivity contribution is -0.105. The first kappa shape index (κ1) is 15.0. The summed E-state index contributed by atoms with van der Waals surface area (Å²) in [6, 6.07) is 10.2. The van der Waals surface area contributed by atoms with Crippen LogP contribution in [0.25, 0.3) is 0 Å². The SMILES string of the molecule is COc1ccc(NC=O)cc1NS(=O)c1ccc(F)cc1. The van der Waals surface area contributed by atoms with E-state index >= 15 is 0 Å². The van der Waals surface area contributed by atoms with E-state index < -0.39 is 16.8 Å². The van der Waals surface area contributed by atoms with Crippen LogP contribution < -0.4 is 14.8 Å². The summed E-state index contributed by atoms with van der Waals surface area (Å²) in [6.07, 6.45) is 0.544. The Kier molecular flexibility index (Phi) is 4.89. The highest BCUT2D eigenvalue weighted by atomic mass is 32.2. The van der Waals surface area contributed by atoms with Gasteiger partial charge in [-0.15, -0.1) is 0 Å². The van der Waals surface area contributed by atoms with Crippen molar-refractivity contribution in [2.24, 2.45) is 0 Å². The van der Waals surface area contributed by atoms with Crippen LogP contribution in [0.4, 0.5) is 15.8 Å². The Balaban J connectivity index is 2.24. The van der Waals surface area contributed by atoms with Crippen molar-refractivity contribution in [1.29, 1.82) is 0 Å². The van der Waals surface area contributed by atoms with Gasteiger partial charge in [-0.05, 0) is 42.5 Å². The smallest absolute Gasteiger partial charge is 0.211 e. The van der Waals surface area contributed by atoms with E-state index in [1.165, 1.54) is 31.4 Å². The average Bonchev–Trinajstić information content (AvgIpc) is 2.48. The lowest BCUT2D eigenvalue weighted by atomic mass is 10.2. The van der Waals surface area contributed by atoms with E-state index in [0.29, 0.717) is 28.4 Å². The summed E-state index contributed by atoms with van der Waals surface area (Å²) < 4.78 is 33.0. The second kappa shape index (κ2) is 6.85. The first-order valence-corrected chi connectivity index (χ1v) is 7.11. The zero-order valence-electron chi connectivity index (χ0n) is 11.1. The monoisotopic (exact) mass is 308 g/mol. The highest BCUT2D eigenvalue weighted by Crippen LogP contribution is 2.28. The number of carbonyl (C=O) groups is 1. The molecule has 110 valence electrons. The largest absolute Gasteiger partial charge is 0.495 e. The molecule has 0 saturated heterocycles. The number of benzene rings is 2. The first-order chi connectivity index (χ1) is 10.1. The van der Waals surface area contributed by atoms with E-state index in [1.807, 2.05) is 0 Å². The molecule has 0 aromatic heterocycles. The van der Waals surface area contributed by atoms with Crippen LogP contribution in [-0.2, 0) is 15.8 Å². The molecule has 21 heavy (non-hydrogen) atoms. The number of nitrogens with one attached hydrogen (secondary N) is 2. The van der Waals surface area contributed by atoms with Crippen molar-refractivity contribution in [2.45, 2.75) is 4.90 Å². The Bertz CT molecular complexity index is 662. The molecular weight excluding hydrogens is 295 g/mol. The van der Waals surface area contributed by atoms with Gasteiger partial charge in [0.25, 0.3) is 0 Å². The molecule has 2 aromatic carbocycles. The molecule has 0 fully saturated rings. The Morgan fingerprint density at radius 1 is 1.19 bits per heavy atom. The normalized spacial score (nSPS) is 11.5. The van der Waals surface area contributed by atoms with Crippen molar-refractivity contribution in [3.8, 4) is 5.75 Å². The van der Waals surface area contributed by atoms with E-state index in [9.17, 15) is 13.4 Å². The lowest BCUT2D eigenvalue weighted by Gasteiger charge is -2.12. The van der Waals surface area contributed by atoms with Crippen molar-refractivity contribution in [3.05, 3.63) is 48.3 Å². The number of hydrogen-bond donors (Lipinski definition) is 2. The quantitative estimate of drug-likeness (QED) is 0.806. The second-order valence-corrected chi connectivity index (χ2v) is 5.21. The number of methoxy groups -OCH3 is 1. The van der Waals surface area contributed by atoms with Gasteiger partial charge in [0.1, 0.15) is 22.6 Å². The minimum Gasteiger partial charge on any atom is -0.495 e. The van der Waals surface area contributed by atoms with E-state index in [4.69, 9.17) is 4.74 Å². The molecule has 0 spiro atoms. The van der Waals surface area contributed by atoms with Gasteiger partial charge in [-0.25, -0.2) is 8.60 Å². The summed E-state index contributed by atoms with van der Waals surface area (Å²) in [7, 11) is -0.0992. The Morgan fingerprint density at radius 2 is 1.90 bits per heavy atom. The summed E-state index contributed by atoms with van der Waals surface area (Å²) in [6.45, 7) is 0. The molecule has 0 aliphatic heterocycles. The van der Waals surface area contributed by atoms with Gasteiger partial charge in [0.05, 0.1) is 17.7 Å². The van der Waals surface area contributed by atoms with Gasteiger partial charge < -0.3 is 10.1 Å². The number of ether oxygens (including phenoxy) is 1. The maximum absolute atomic E-state index is 12.9. The van der Waals surface area contributed by atoms with Gasteiger partial charge in [-0.1, -0.05) is 0 Å². The molecular formula is C14H13FN2O3S. The number of anilines is 2. The molecule has 2 aromatic rings. The van der Waals surface area contributed by atoms with Gasteiger partial charge in [0.2, 0.25) is 6.41 Å². The number of carbonyl (C=O) groups excluding carboxylic acids is 1. The third-order valence-corrected chi connectivity index (χ3v) is 3.76. The van der Waals surface area contributed by atoms with Crippen molar-refractivity contribution in [3.63, 3.8) is 0 Å². The minimum atomic E-state index is -1.58. The van der Waals surface area contributed by atoms with Gasteiger partial charge in [0, 0.05) is 5.69 Å². The summed E-state index contributed by atoms with van der Waals surface area (Å²) in [4.78, 5) is 10.9. The summed E-state index contributed by atoms with van der Waals surface area (Å²) in [5, 5.41) is 2.50. The average molecular weight is 308 g/mol. The topological polar surface area (TPSA) is 67.4 Å². The van der Waals surface area contributed by atoms with Gasteiger partial charge >= 0.3 is 0 Å². The molecule has 1 unspecified atom stereocenters. The van der Waals surface area contributed by atoms with Crippen LogP contribution >= 0.6 is 0 Å². The minimum absolute atomic E-state index is 0.398. The third-order valence-electron chi connectivity index (χ3n) is 2.66. The fraction of sp³-hybridized carbons (Fsp3) is 0.0714. The van der Waals surface area contributed by atoms with E-state index in [2.05, 4.69) is 10.0 Å². The van der Waals surface area contributed by atoms with Crippen LogP contribution in [0, 0.1) is 5.82 Å². The molecule has 0 saturated carbocycles. The van der Waals surface area contributed by atoms with Crippen molar-refractivity contribution < 1.29 is 18.1 Å². The highest BCUT2D eigenvalue weighted by molar-refractivity contribution is 7.86. The summed E-state index contributed by atoms with van der Waals surface area (Å²) in [5.74, 6) is 0.0763.